The number of amides is 2. The summed E-state index contributed by atoms with van der Waals surface area (Å²) in [5, 5.41) is 19.8. The molecule has 7 rings (SSSR count). The molecule has 2 amide bonds. The molecule has 2 bridgehead atoms. The number of benzene rings is 3. The highest BCUT2D eigenvalue weighted by molar-refractivity contribution is 6.23. The molecule has 0 radical (unpaired) electrons. The van der Waals surface area contributed by atoms with Crippen LogP contribution in [0.25, 0.3) is 5.76 Å². The second-order valence-corrected chi connectivity index (χ2v) is 9.38. The molecule has 0 unspecified atom stereocenters. The molecule has 37 heavy (non-hydrogen) atoms. The Kier molecular flexibility index (Phi) is 5.20. The van der Waals surface area contributed by atoms with Crippen molar-refractivity contribution in [2.75, 3.05) is 11.5 Å². The molecule has 0 aromatic heterocycles. The third-order valence-corrected chi connectivity index (χ3v) is 7.68. The molecule has 3 aromatic carbocycles. The van der Waals surface area contributed by atoms with E-state index in [-0.39, 0.29) is 35.8 Å². The normalized spacial score (nSPS) is 23.5. The summed E-state index contributed by atoms with van der Waals surface area (Å²) < 4.78 is 4.83. The van der Waals surface area contributed by atoms with Crippen molar-refractivity contribution >= 4 is 29.2 Å². The maximum atomic E-state index is 13.8. The summed E-state index contributed by atoms with van der Waals surface area (Å²) in [7, 11) is 0. The lowest BCUT2D eigenvalue weighted by Crippen LogP contribution is -2.41. The van der Waals surface area contributed by atoms with Gasteiger partial charge in [-0.05, 0) is 53.4 Å². The van der Waals surface area contributed by atoms with E-state index < -0.39 is 29.1 Å². The van der Waals surface area contributed by atoms with Gasteiger partial charge in [-0.1, -0.05) is 48.5 Å². The molecule has 1 aliphatic heterocycles. The first kappa shape index (κ1) is 22.7. The van der Waals surface area contributed by atoms with E-state index in [9.17, 15) is 24.8 Å². The first-order valence-corrected chi connectivity index (χ1v) is 12.1. The topological polar surface area (TPSA) is 108 Å². The van der Waals surface area contributed by atoms with Crippen molar-refractivity contribution in [3.8, 4) is 6.07 Å². The van der Waals surface area contributed by atoms with Crippen molar-refractivity contribution in [3.63, 3.8) is 0 Å². The molecule has 1 heterocycles. The minimum atomic E-state index is -0.921. The lowest BCUT2D eigenvalue weighted by molar-refractivity contribution is -0.138. The van der Waals surface area contributed by atoms with Crippen LogP contribution >= 0.6 is 0 Å². The third-order valence-electron chi connectivity index (χ3n) is 7.68. The molecule has 4 aliphatic rings. The monoisotopic (exact) mass is 490 g/mol. The van der Waals surface area contributed by atoms with Gasteiger partial charge in [0.25, 0.3) is 0 Å². The number of ether oxygens (including phenoxy) is 1. The molecule has 2 atom stereocenters. The molecule has 1 saturated heterocycles. The van der Waals surface area contributed by atoms with Crippen LogP contribution in [0.1, 0.15) is 46.6 Å². The second-order valence-electron chi connectivity index (χ2n) is 9.38. The number of anilines is 1. The predicted octanol–water partition coefficient (Wildman–Crippen LogP) is 4.44. The Morgan fingerprint density at radius 1 is 0.865 bits per heavy atom. The molecule has 3 aliphatic carbocycles. The van der Waals surface area contributed by atoms with E-state index in [1.54, 1.807) is 25.1 Å². The van der Waals surface area contributed by atoms with Gasteiger partial charge in [0.2, 0.25) is 11.8 Å². The van der Waals surface area contributed by atoms with E-state index in [0.29, 0.717) is 5.69 Å². The van der Waals surface area contributed by atoms with E-state index in [4.69, 9.17) is 4.74 Å². The minimum Gasteiger partial charge on any atom is -0.506 e. The van der Waals surface area contributed by atoms with Gasteiger partial charge in [0.05, 0.1) is 24.1 Å². The first-order valence-electron chi connectivity index (χ1n) is 12.1. The lowest BCUT2D eigenvalue weighted by atomic mass is 9.55. The minimum absolute atomic E-state index is 0.0630. The number of carbonyl (C=O) groups is 3. The Morgan fingerprint density at radius 3 is 1.73 bits per heavy atom. The maximum Gasteiger partial charge on any atom is 0.352 e. The fourth-order valence-corrected chi connectivity index (χ4v) is 6.24. The fraction of sp³-hybridized carbons (Fsp3) is 0.200. The van der Waals surface area contributed by atoms with Crippen molar-refractivity contribution in [3.05, 3.63) is 106 Å². The Labute approximate surface area is 213 Å². The van der Waals surface area contributed by atoms with Gasteiger partial charge in [0.15, 0.2) is 5.57 Å². The van der Waals surface area contributed by atoms with Crippen LogP contribution in [-0.2, 0) is 19.1 Å². The van der Waals surface area contributed by atoms with Crippen LogP contribution < -0.4 is 4.90 Å². The zero-order chi connectivity index (χ0) is 25.8. The quantitative estimate of drug-likeness (QED) is 0.191. The summed E-state index contributed by atoms with van der Waals surface area (Å²) in [6, 6.07) is 23.8. The molecule has 3 aromatic rings. The molecular weight excluding hydrogens is 468 g/mol. The smallest absolute Gasteiger partial charge is 0.352 e. The van der Waals surface area contributed by atoms with Gasteiger partial charge in [-0.25, -0.2) is 9.69 Å². The van der Waals surface area contributed by atoms with E-state index in [0.717, 1.165) is 22.3 Å². The van der Waals surface area contributed by atoms with Crippen molar-refractivity contribution in [2.45, 2.75) is 18.8 Å². The van der Waals surface area contributed by atoms with Gasteiger partial charge in [0, 0.05) is 17.4 Å². The van der Waals surface area contributed by atoms with E-state index in [1.165, 1.54) is 17.0 Å². The number of aliphatic hydroxyl groups excluding tert-OH is 1. The van der Waals surface area contributed by atoms with Crippen LogP contribution in [0.15, 0.2) is 78.4 Å². The Hall–Kier alpha value is -4.70. The largest absolute Gasteiger partial charge is 0.506 e. The Bertz CT molecular complexity index is 1430. The predicted molar refractivity (Wildman–Crippen MR) is 134 cm³/mol. The van der Waals surface area contributed by atoms with Gasteiger partial charge in [-0.2, -0.15) is 5.26 Å². The second kappa shape index (κ2) is 8.45. The number of rotatable bonds is 4. The van der Waals surface area contributed by atoms with Crippen molar-refractivity contribution in [2.24, 2.45) is 11.8 Å². The molecular formula is C30H22N2O5. The van der Waals surface area contributed by atoms with Gasteiger partial charge in [-0.15, -0.1) is 0 Å². The Morgan fingerprint density at radius 2 is 1.32 bits per heavy atom. The maximum absolute atomic E-state index is 13.8. The number of carbonyl (C=O) groups excluding carboxylic acids is 3. The Balaban J connectivity index is 1.39. The van der Waals surface area contributed by atoms with Gasteiger partial charge < -0.3 is 9.84 Å². The molecule has 0 spiro atoms. The average molecular weight is 491 g/mol. The van der Waals surface area contributed by atoms with Crippen LogP contribution in [0.3, 0.4) is 0 Å². The lowest BCUT2D eigenvalue weighted by Gasteiger charge is -2.45. The number of hydrogen-bond donors (Lipinski definition) is 1. The fourth-order valence-electron chi connectivity index (χ4n) is 6.24. The summed E-state index contributed by atoms with van der Waals surface area (Å²) in [6.45, 7) is 1.66. The number of nitriles is 1. The summed E-state index contributed by atoms with van der Waals surface area (Å²) >= 11 is 0. The van der Waals surface area contributed by atoms with Crippen molar-refractivity contribution < 1.29 is 24.2 Å². The molecule has 182 valence electrons. The van der Waals surface area contributed by atoms with Crippen LogP contribution in [0.2, 0.25) is 0 Å². The van der Waals surface area contributed by atoms with Crippen molar-refractivity contribution in [1.29, 1.82) is 5.26 Å². The molecule has 7 nitrogen and oxygen atoms in total. The number of esters is 1. The van der Waals surface area contributed by atoms with Crippen LogP contribution in [0, 0.1) is 23.2 Å². The molecule has 0 saturated carbocycles. The number of imide groups is 1. The standard InChI is InChI=1S/C30H22N2O5/c1-2-37-30(36)22(15-31)27(33)16-11-13-17(14-12-16)32-28(34)25-23-18-7-3-4-8-19(18)24(26(25)29(32)35)21-10-6-5-9-20(21)23/h3-14,23-26,33H,2H2,1H3/b27-22+/t23?,24?,25-,26-/m0/s1. The van der Waals surface area contributed by atoms with Crippen LogP contribution in [0.5, 0.6) is 0 Å². The van der Waals surface area contributed by atoms with E-state index in [1.807, 2.05) is 24.3 Å². The molecule has 1 fully saturated rings. The highest BCUT2D eigenvalue weighted by atomic mass is 16.5. The highest BCUT2D eigenvalue weighted by Crippen LogP contribution is 2.61. The summed E-state index contributed by atoms with van der Waals surface area (Å²) in [6.07, 6.45) is 0. The zero-order valence-electron chi connectivity index (χ0n) is 19.9. The van der Waals surface area contributed by atoms with Crippen LogP contribution in [-0.4, -0.2) is 29.5 Å². The van der Waals surface area contributed by atoms with Gasteiger partial charge in [0.1, 0.15) is 11.8 Å². The van der Waals surface area contributed by atoms with E-state index in [2.05, 4.69) is 24.3 Å². The summed E-state index contributed by atoms with van der Waals surface area (Å²) in [5.41, 5.74) is 4.47. The van der Waals surface area contributed by atoms with E-state index >= 15 is 0 Å². The average Bonchev–Trinajstić information content (AvgIpc) is 3.19. The highest BCUT2D eigenvalue weighted by Gasteiger charge is 2.61. The number of aliphatic hydroxyl groups is 1. The summed E-state index contributed by atoms with van der Waals surface area (Å²) in [4.78, 5) is 40.9. The first-order chi connectivity index (χ1) is 18.0. The number of nitrogens with zero attached hydrogens (tertiary/aromatic N) is 2. The van der Waals surface area contributed by atoms with Gasteiger partial charge in [-0.3, -0.25) is 9.59 Å². The van der Waals surface area contributed by atoms with Crippen LogP contribution in [0.4, 0.5) is 5.69 Å². The summed E-state index contributed by atoms with van der Waals surface area (Å²) in [5.74, 6) is -3.32. The molecule has 1 N–H and O–H groups in total. The third kappa shape index (κ3) is 3.15. The zero-order valence-corrected chi connectivity index (χ0v) is 19.9. The SMILES string of the molecule is CCOC(=O)/C(C#N)=C(/O)c1ccc(N2C(=O)[C@H]3C4c5ccccc5C(c5ccccc54)[C@@H]3C2=O)cc1. The number of hydrogen-bond acceptors (Lipinski definition) is 6. The van der Waals surface area contributed by atoms with Crippen molar-refractivity contribution in [1.82, 2.24) is 0 Å². The van der Waals surface area contributed by atoms with Gasteiger partial charge >= 0.3 is 5.97 Å². The molecule has 7 heteroatoms.